The van der Waals surface area contributed by atoms with E-state index in [0.717, 1.165) is 83.0 Å². The van der Waals surface area contributed by atoms with Crippen LogP contribution in [0.4, 0.5) is 0 Å². The lowest BCUT2D eigenvalue weighted by Crippen LogP contribution is -2.05. The van der Waals surface area contributed by atoms with E-state index in [1.165, 1.54) is 5.39 Å². The average Bonchev–Trinajstić information content (AvgIpc) is 3.92. The molecular formula is C60H38N8. The maximum atomic E-state index is 5.33. The molecule has 13 rings (SSSR count). The van der Waals surface area contributed by atoms with Gasteiger partial charge in [-0.3, -0.25) is 0 Å². The van der Waals surface area contributed by atoms with Crippen LogP contribution >= 0.6 is 0 Å². The van der Waals surface area contributed by atoms with E-state index in [9.17, 15) is 0 Å². The Bertz CT molecular complexity index is 3890. The second-order valence-electron chi connectivity index (χ2n) is 16.7. The van der Waals surface area contributed by atoms with Crippen LogP contribution in [-0.2, 0) is 0 Å². The maximum absolute atomic E-state index is 5.33. The molecule has 0 saturated carbocycles. The van der Waals surface area contributed by atoms with Gasteiger partial charge in [0.25, 0.3) is 0 Å². The van der Waals surface area contributed by atoms with Gasteiger partial charge in [-0.05, 0) is 54.6 Å². The molecule has 0 saturated heterocycles. The molecule has 0 spiro atoms. The normalized spacial score (nSPS) is 11.5. The van der Waals surface area contributed by atoms with Gasteiger partial charge in [-0.15, -0.1) is 0 Å². The van der Waals surface area contributed by atoms with Gasteiger partial charge in [-0.2, -0.15) is 0 Å². The number of fused-ring (bicyclic) bond motifs is 6. The number of aromatic nitrogens is 8. The molecule has 9 aromatic carbocycles. The first-order valence-corrected chi connectivity index (χ1v) is 22.6. The lowest BCUT2D eigenvalue weighted by atomic mass is 10.1. The fraction of sp³-hybridized carbons (Fsp3) is 0. The van der Waals surface area contributed by atoms with Crippen molar-refractivity contribution in [3.8, 4) is 79.7 Å². The molecule has 13 aromatic rings. The first-order chi connectivity index (χ1) is 33.7. The van der Waals surface area contributed by atoms with Gasteiger partial charge in [0.2, 0.25) is 0 Å². The number of para-hydroxylation sites is 3. The van der Waals surface area contributed by atoms with E-state index in [1.54, 1.807) is 0 Å². The molecule has 4 aromatic heterocycles. The van der Waals surface area contributed by atoms with Gasteiger partial charge < -0.3 is 9.13 Å². The molecule has 0 amide bonds. The quantitative estimate of drug-likeness (QED) is 0.151. The van der Waals surface area contributed by atoms with Crippen molar-refractivity contribution in [2.75, 3.05) is 0 Å². The van der Waals surface area contributed by atoms with E-state index in [1.807, 2.05) is 121 Å². The number of benzene rings is 9. The summed E-state index contributed by atoms with van der Waals surface area (Å²) in [6.45, 7) is 0. The predicted octanol–water partition coefficient (Wildman–Crippen LogP) is 14.3. The second kappa shape index (κ2) is 16.2. The van der Waals surface area contributed by atoms with Crippen LogP contribution in [-0.4, -0.2) is 39.0 Å². The van der Waals surface area contributed by atoms with E-state index < -0.39 is 0 Å². The van der Waals surface area contributed by atoms with Crippen LogP contribution in [0.5, 0.6) is 0 Å². The number of hydrogen-bond acceptors (Lipinski definition) is 6. The van der Waals surface area contributed by atoms with Crippen molar-refractivity contribution < 1.29 is 0 Å². The molecule has 68 heavy (non-hydrogen) atoms. The van der Waals surface area contributed by atoms with Crippen molar-refractivity contribution in [1.82, 2.24) is 39.0 Å². The molecule has 4 heterocycles. The smallest absolute Gasteiger partial charge is 0.166 e. The molecule has 0 atom stereocenters. The predicted molar refractivity (Wildman–Crippen MR) is 275 cm³/mol. The number of nitrogens with zero attached hydrogens (tertiary/aromatic N) is 8. The van der Waals surface area contributed by atoms with Gasteiger partial charge >= 0.3 is 0 Å². The summed E-state index contributed by atoms with van der Waals surface area (Å²) in [6.07, 6.45) is 0. The molecule has 0 N–H and O–H groups in total. The van der Waals surface area contributed by atoms with Gasteiger partial charge in [-0.1, -0.05) is 176 Å². The van der Waals surface area contributed by atoms with Gasteiger partial charge in [0, 0.05) is 60.6 Å². The summed E-state index contributed by atoms with van der Waals surface area (Å²) >= 11 is 0. The highest BCUT2D eigenvalue weighted by atomic mass is 15.1. The summed E-state index contributed by atoms with van der Waals surface area (Å²) in [5.74, 6) is 3.35. The average molecular weight is 871 g/mol. The van der Waals surface area contributed by atoms with Gasteiger partial charge in [0.05, 0.1) is 27.8 Å². The first kappa shape index (κ1) is 39.0. The van der Waals surface area contributed by atoms with Crippen molar-refractivity contribution in [3.63, 3.8) is 0 Å². The Labute approximate surface area is 391 Å². The van der Waals surface area contributed by atoms with Crippen molar-refractivity contribution in [2.24, 2.45) is 0 Å². The standard InChI is InChI=1S/C60H38N8/c1-6-20-39(21-7-1)55-61-56(40-22-8-2-9-23-40)64-59(63-55)43-34-35-52(49(36-43)60-65-57(41-24-10-3-11-25-41)62-58(66-60)42-26-12-4-13-27-42)68-51-33-19-17-31-46(51)48-37-53-47(38-54(48)68)45-30-16-18-32-50(45)67(53)44-28-14-5-15-29-44/h1-38H. The molecule has 8 nitrogen and oxygen atoms in total. The Morgan fingerprint density at radius 2 is 0.588 bits per heavy atom. The van der Waals surface area contributed by atoms with Gasteiger partial charge in [0.15, 0.2) is 34.9 Å². The Kier molecular flexibility index (Phi) is 9.31. The fourth-order valence-corrected chi connectivity index (χ4v) is 9.46. The third-order valence-electron chi connectivity index (χ3n) is 12.6. The Morgan fingerprint density at radius 3 is 1.04 bits per heavy atom. The van der Waals surface area contributed by atoms with Gasteiger partial charge in [-0.25, -0.2) is 29.9 Å². The van der Waals surface area contributed by atoms with Crippen LogP contribution in [0.3, 0.4) is 0 Å². The molecule has 0 aliphatic carbocycles. The summed E-state index contributed by atoms with van der Waals surface area (Å²) in [7, 11) is 0. The summed E-state index contributed by atoms with van der Waals surface area (Å²) < 4.78 is 4.74. The van der Waals surface area contributed by atoms with Crippen LogP contribution in [0.2, 0.25) is 0 Å². The molecule has 0 bridgehead atoms. The van der Waals surface area contributed by atoms with Crippen LogP contribution in [0.1, 0.15) is 0 Å². The molecular weight excluding hydrogens is 833 g/mol. The zero-order valence-corrected chi connectivity index (χ0v) is 36.5. The molecule has 318 valence electrons. The Balaban J connectivity index is 1.12. The third-order valence-corrected chi connectivity index (χ3v) is 12.6. The summed E-state index contributed by atoms with van der Waals surface area (Å²) in [4.78, 5) is 31.1. The molecule has 0 aliphatic heterocycles. The highest BCUT2D eigenvalue weighted by Crippen LogP contribution is 2.42. The highest BCUT2D eigenvalue weighted by molar-refractivity contribution is 6.19. The fourth-order valence-electron chi connectivity index (χ4n) is 9.46. The van der Waals surface area contributed by atoms with Crippen LogP contribution in [0.15, 0.2) is 231 Å². The lowest BCUT2D eigenvalue weighted by molar-refractivity contribution is 1.06. The minimum Gasteiger partial charge on any atom is -0.309 e. The molecule has 0 radical (unpaired) electrons. The summed E-state index contributed by atoms with van der Waals surface area (Å²) in [6, 6.07) is 79.3. The number of rotatable bonds is 8. The molecule has 0 unspecified atom stereocenters. The minimum absolute atomic E-state index is 0.517. The highest BCUT2D eigenvalue weighted by Gasteiger charge is 2.23. The molecule has 0 fully saturated rings. The Morgan fingerprint density at radius 1 is 0.235 bits per heavy atom. The molecule has 0 aliphatic rings. The monoisotopic (exact) mass is 870 g/mol. The van der Waals surface area contributed by atoms with Crippen molar-refractivity contribution in [1.29, 1.82) is 0 Å². The van der Waals surface area contributed by atoms with E-state index in [0.29, 0.717) is 34.9 Å². The van der Waals surface area contributed by atoms with Crippen LogP contribution in [0.25, 0.3) is 123 Å². The van der Waals surface area contributed by atoms with E-state index in [2.05, 4.69) is 118 Å². The number of hydrogen-bond donors (Lipinski definition) is 0. The van der Waals surface area contributed by atoms with Crippen LogP contribution in [0, 0.1) is 0 Å². The summed E-state index contributed by atoms with van der Waals surface area (Å²) in [5, 5.41) is 4.60. The zero-order chi connectivity index (χ0) is 45.0. The SMILES string of the molecule is c1ccc(-c2nc(-c3ccccc3)nc(-c3ccc(-n4c5ccccc5c5cc6c(cc54)c4ccccc4n6-c4ccccc4)c(-c4nc(-c5ccccc5)nc(-c5ccccc5)n4)c3)n2)cc1. The maximum Gasteiger partial charge on any atom is 0.166 e. The van der Waals surface area contributed by atoms with Gasteiger partial charge in [0.1, 0.15) is 0 Å². The van der Waals surface area contributed by atoms with Crippen molar-refractivity contribution in [3.05, 3.63) is 231 Å². The first-order valence-electron chi connectivity index (χ1n) is 22.6. The molecule has 8 heteroatoms. The minimum atomic E-state index is 0.517. The second-order valence-corrected chi connectivity index (χ2v) is 16.7. The third kappa shape index (κ3) is 6.70. The Hall–Kier alpha value is -9.40. The van der Waals surface area contributed by atoms with Crippen molar-refractivity contribution >= 4 is 43.6 Å². The summed E-state index contributed by atoms with van der Waals surface area (Å²) in [5.41, 5.74) is 11.6. The zero-order valence-electron chi connectivity index (χ0n) is 36.5. The lowest BCUT2D eigenvalue weighted by Gasteiger charge is -2.16. The topological polar surface area (TPSA) is 87.2 Å². The van der Waals surface area contributed by atoms with E-state index in [-0.39, 0.29) is 0 Å². The largest absolute Gasteiger partial charge is 0.309 e. The van der Waals surface area contributed by atoms with E-state index in [4.69, 9.17) is 29.9 Å². The van der Waals surface area contributed by atoms with Crippen molar-refractivity contribution in [2.45, 2.75) is 0 Å². The van der Waals surface area contributed by atoms with E-state index >= 15 is 0 Å². The van der Waals surface area contributed by atoms with Crippen LogP contribution < -0.4 is 0 Å².